The number of methoxy groups -OCH3 is 1. The highest BCUT2D eigenvalue weighted by molar-refractivity contribution is 5.92. The van der Waals surface area contributed by atoms with Gasteiger partial charge in [0.05, 0.1) is 20.3 Å². The minimum absolute atomic E-state index is 0.114. The second-order valence-corrected chi connectivity index (χ2v) is 9.54. The summed E-state index contributed by atoms with van der Waals surface area (Å²) in [6.07, 6.45) is 8.16. The zero-order valence-electron chi connectivity index (χ0n) is 23.3. The predicted molar refractivity (Wildman–Crippen MR) is 151 cm³/mol. The van der Waals surface area contributed by atoms with E-state index in [0.717, 1.165) is 40.8 Å². The number of allylic oxidation sites excluding steroid dienone is 1. The first kappa shape index (κ1) is 29.6. The zero-order valence-corrected chi connectivity index (χ0v) is 23.3. The molecule has 1 N–H and O–H groups in total. The Morgan fingerprint density at radius 3 is 2.44 bits per heavy atom. The number of carboxylic acids is 1. The molecule has 8 nitrogen and oxygen atoms in total. The van der Waals surface area contributed by atoms with E-state index in [0.29, 0.717) is 56.1 Å². The summed E-state index contributed by atoms with van der Waals surface area (Å²) < 4.78 is 23.7. The van der Waals surface area contributed by atoms with Crippen molar-refractivity contribution < 1.29 is 33.6 Å². The number of carbonyl (C=O) groups excluding carboxylic acids is 1. The van der Waals surface area contributed by atoms with Crippen molar-refractivity contribution >= 4 is 18.0 Å². The van der Waals surface area contributed by atoms with Crippen molar-refractivity contribution in [2.24, 2.45) is 0 Å². The molecule has 2 aromatic rings. The van der Waals surface area contributed by atoms with Crippen molar-refractivity contribution in [3.8, 4) is 23.0 Å². The van der Waals surface area contributed by atoms with Gasteiger partial charge in [-0.05, 0) is 55.5 Å². The lowest BCUT2D eigenvalue weighted by Gasteiger charge is -2.26. The largest absolute Gasteiger partial charge is 0.496 e. The molecule has 1 aliphatic heterocycles. The Balaban J connectivity index is 1.66. The van der Waals surface area contributed by atoms with Crippen molar-refractivity contribution in [2.75, 3.05) is 34.4 Å². The number of aryl methyl sites for hydroxylation is 1. The van der Waals surface area contributed by atoms with Crippen molar-refractivity contribution in [3.05, 3.63) is 65.3 Å². The number of rotatable bonds is 14. The van der Waals surface area contributed by atoms with Gasteiger partial charge >= 0.3 is 5.97 Å². The number of hydrogen-bond acceptors (Lipinski definition) is 6. The van der Waals surface area contributed by atoms with Crippen LogP contribution in [-0.2, 0) is 28.9 Å². The van der Waals surface area contributed by atoms with E-state index in [1.807, 2.05) is 24.3 Å². The van der Waals surface area contributed by atoms with Crippen molar-refractivity contribution in [3.63, 3.8) is 0 Å². The van der Waals surface area contributed by atoms with Crippen LogP contribution in [0, 0.1) is 0 Å². The number of amides is 1. The Bertz CT molecular complexity index is 1200. The molecule has 1 unspecified atom stereocenters. The van der Waals surface area contributed by atoms with Gasteiger partial charge in [0.1, 0.15) is 23.0 Å². The van der Waals surface area contributed by atoms with Crippen LogP contribution in [0.25, 0.3) is 6.08 Å². The molecule has 3 rings (SSSR count). The van der Waals surface area contributed by atoms with Crippen LogP contribution in [-0.4, -0.2) is 62.4 Å². The first-order valence-corrected chi connectivity index (χ1v) is 13.3. The zero-order chi connectivity index (χ0) is 28.4. The summed E-state index contributed by atoms with van der Waals surface area (Å²) in [5, 5.41) is 9.42. The van der Waals surface area contributed by atoms with Gasteiger partial charge < -0.3 is 29.0 Å². The van der Waals surface area contributed by atoms with Crippen molar-refractivity contribution in [1.29, 1.82) is 0 Å². The van der Waals surface area contributed by atoms with Crippen molar-refractivity contribution in [1.82, 2.24) is 4.90 Å². The molecular weight excluding hydrogens is 498 g/mol. The van der Waals surface area contributed by atoms with Crippen LogP contribution in [0.2, 0.25) is 0 Å². The van der Waals surface area contributed by atoms with Gasteiger partial charge in [0.25, 0.3) is 0 Å². The fraction of sp³-hybridized carbons (Fsp3) is 0.419. The molecular formula is C31H39NO7. The van der Waals surface area contributed by atoms with E-state index in [9.17, 15) is 14.7 Å². The third-order valence-electron chi connectivity index (χ3n) is 6.46. The number of aliphatic carboxylic acids is 1. The second-order valence-electron chi connectivity index (χ2n) is 9.54. The molecule has 0 radical (unpaired) electrons. The molecule has 39 heavy (non-hydrogen) atoms. The molecule has 0 aliphatic carbocycles. The topological polar surface area (TPSA) is 94.5 Å². The quantitative estimate of drug-likeness (QED) is 0.203. The Labute approximate surface area is 230 Å². The van der Waals surface area contributed by atoms with E-state index in [-0.39, 0.29) is 5.91 Å². The number of ether oxygens (including phenoxy) is 4. The molecule has 0 bridgehead atoms. The van der Waals surface area contributed by atoms with Gasteiger partial charge in [0.2, 0.25) is 5.91 Å². The highest BCUT2D eigenvalue weighted by atomic mass is 16.5. The first-order valence-electron chi connectivity index (χ1n) is 13.3. The average Bonchev–Trinajstić information content (AvgIpc) is 2.92. The summed E-state index contributed by atoms with van der Waals surface area (Å²) in [4.78, 5) is 25.0. The summed E-state index contributed by atoms with van der Waals surface area (Å²) in [6, 6.07) is 7.66. The van der Waals surface area contributed by atoms with Crippen LogP contribution >= 0.6 is 0 Å². The van der Waals surface area contributed by atoms with Crippen LogP contribution in [0.1, 0.15) is 48.4 Å². The Kier molecular flexibility index (Phi) is 10.8. The summed E-state index contributed by atoms with van der Waals surface area (Å²) in [7, 11) is 5.00. The maximum absolute atomic E-state index is 12.0. The normalized spacial score (nSPS) is 14.3. The number of benzene rings is 2. The molecule has 1 atom stereocenters. The second kappa shape index (κ2) is 14.3. The van der Waals surface area contributed by atoms with Crippen LogP contribution in [0.3, 0.4) is 0 Å². The number of carbonyl (C=O) groups is 2. The Hall–Kier alpha value is -3.94. The van der Waals surface area contributed by atoms with E-state index < -0.39 is 12.1 Å². The lowest BCUT2D eigenvalue weighted by atomic mass is 9.96. The van der Waals surface area contributed by atoms with Crippen molar-refractivity contribution in [2.45, 2.75) is 51.6 Å². The molecule has 1 aliphatic rings. The maximum atomic E-state index is 12.0. The molecule has 0 fully saturated rings. The molecule has 0 saturated heterocycles. The minimum atomic E-state index is -0.940. The van der Waals surface area contributed by atoms with Gasteiger partial charge in [-0.15, -0.1) is 6.58 Å². The van der Waals surface area contributed by atoms with Gasteiger partial charge in [-0.1, -0.05) is 25.5 Å². The summed E-state index contributed by atoms with van der Waals surface area (Å²) >= 11 is 0. The smallest absolute Gasteiger partial charge is 0.344 e. The van der Waals surface area contributed by atoms with Crippen LogP contribution in [0.5, 0.6) is 23.0 Å². The highest BCUT2D eigenvalue weighted by Crippen LogP contribution is 2.38. The van der Waals surface area contributed by atoms with E-state index in [2.05, 4.69) is 13.5 Å². The van der Waals surface area contributed by atoms with E-state index in [1.54, 1.807) is 33.4 Å². The number of likely N-dealkylation sites (N-methyl/N-ethyl adjacent to an activating group) is 1. The lowest BCUT2D eigenvalue weighted by Crippen LogP contribution is -2.31. The van der Waals surface area contributed by atoms with Gasteiger partial charge in [0, 0.05) is 43.3 Å². The fourth-order valence-corrected chi connectivity index (χ4v) is 4.49. The number of nitrogens with zero attached hydrogens (tertiary/aromatic N) is 1. The van der Waals surface area contributed by atoms with Gasteiger partial charge in [0.15, 0.2) is 6.10 Å². The molecule has 210 valence electrons. The SMILES string of the molecule is C=CCc1c(OCCCOc2ccc3c(c2CCC)OC(C(=O)O)CC3)ccc(C=CC(=O)N(C)C)c1OC. The third-order valence-corrected chi connectivity index (χ3v) is 6.46. The standard InChI is InChI=1S/C31H39NO7/c1-6-9-23-25(15-11-21(29(23)36-5)14-18-28(33)32(3)4)37-19-8-20-38-26-16-12-22-13-17-27(31(34)35)39-30(22)24(26)10-7-2/h6,11-12,14-16,18,27H,1,7-10,13,17,19-20H2,2-5H3,(H,34,35). The monoisotopic (exact) mass is 537 g/mol. The highest BCUT2D eigenvalue weighted by Gasteiger charge is 2.28. The minimum Gasteiger partial charge on any atom is -0.496 e. The summed E-state index contributed by atoms with van der Waals surface area (Å²) in [5.41, 5.74) is 3.59. The number of fused-ring (bicyclic) bond motifs is 1. The fourth-order valence-electron chi connectivity index (χ4n) is 4.49. The van der Waals surface area contributed by atoms with Crippen LogP contribution < -0.4 is 18.9 Å². The number of carboxylic acid groups (broad SMARTS) is 1. The Morgan fingerprint density at radius 2 is 1.82 bits per heavy atom. The van der Waals surface area contributed by atoms with Crippen LogP contribution in [0.15, 0.2) is 43.0 Å². The predicted octanol–water partition coefficient (Wildman–Crippen LogP) is 5.10. The summed E-state index contributed by atoms with van der Waals surface area (Å²) in [5.74, 6) is 1.66. The molecule has 2 aromatic carbocycles. The van der Waals surface area contributed by atoms with Gasteiger partial charge in [-0.3, -0.25) is 4.79 Å². The molecule has 0 spiro atoms. The molecule has 1 heterocycles. The van der Waals surface area contributed by atoms with Crippen LogP contribution in [0.4, 0.5) is 0 Å². The molecule has 0 saturated carbocycles. The third kappa shape index (κ3) is 7.56. The van der Waals surface area contributed by atoms with E-state index in [4.69, 9.17) is 18.9 Å². The first-order chi connectivity index (χ1) is 18.8. The average molecular weight is 538 g/mol. The molecule has 0 aromatic heterocycles. The van der Waals surface area contributed by atoms with Gasteiger partial charge in [-0.2, -0.15) is 0 Å². The maximum Gasteiger partial charge on any atom is 0.344 e. The van der Waals surface area contributed by atoms with E-state index in [1.165, 1.54) is 11.0 Å². The molecule has 8 heteroatoms. The molecule has 1 amide bonds. The Morgan fingerprint density at radius 1 is 1.13 bits per heavy atom. The van der Waals surface area contributed by atoms with E-state index >= 15 is 0 Å². The number of hydrogen-bond donors (Lipinski definition) is 1. The summed E-state index contributed by atoms with van der Waals surface area (Å²) in [6.45, 7) is 6.79. The lowest BCUT2D eigenvalue weighted by molar-refractivity contribution is -0.145. The van der Waals surface area contributed by atoms with Gasteiger partial charge in [-0.25, -0.2) is 4.79 Å².